The Morgan fingerprint density at radius 1 is 1.19 bits per heavy atom. The van der Waals surface area contributed by atoms with Gasteiger partial charge >= 0.3 is 0 Å². The van der Waals surface area contributed by atoms with Crippen molar-refractivity contribution >= 4 is 34.7 Å². The summed E-state index contributed by atoms with van der Waals surface area (Å²) in [5.74, 6) is 7.85. The number of aromatic nitrogens is 3. The lowest BCUT2D eigenvalue weighted by molar-refractivity contribution is 0.436. The largest absolute Gasteiger partial charge is 0.312 e. The Labute approximate surface area is 134 Å². The Bertz CT molecular complexity index is 613. The summed E-state index contributed by atoms with van der Waals surface area (Å²) in [5.41, 5.74) is 2.17. The van der Waals surface area contributed by atoms with Crippen molar-refractivity contribution in [2.75, 3.05) is 23.0 Å². The van der Waals surface area contributed by atoms with Gasteiger partial charge in [-0.15, -0.1) is 0 Å². The molecule has 0 saturated carbocycles. The standard InChI is InChI=1S/C16H21N3S2/c1-4-14-16(17-6-1)19(9-12-3-2-7-20-10-12)15(18-14)13-5-8-21-11-13/h1,4,6,12-13H,2-3,5,7-11H2. The van der Waals surface area contributed by atoms with Gasteiger partial charge in [-0.05, 0) is 54.6 Å². The van der Waals surface area contributed by atoms with E-state index in [2.05, 4.69) is 39.1 Å². The molecule has 21 heavy (non-hydrogen) atoms. The molecule has 2 aromatic heterocycles. The lowest BCUT2D eigenvalue weighted by atomic mass is 10.0. The minimum absolute atomic E-state index is 0.625. The second-order valence-electron chi connectivity index (χ2n) is 6.07. The van der Waals surface area contributed by atoms with Crippen LogP contribution in [0.1, 0.15) is 31.0 Å². The number of pyridine rings is 1. The summed E-state index contributed by atoms with van der Waals surface area (Å²) in [6.45, 7) is 1.11. The molecule has 2 saturated heterocycles. The normalized spacial score (nSPS) is 26.5. The van der Waals surface area contributed by atoms with Gasteiger partial charge in [-0.2, -0.15) is 23.5 Å². The molecule has 0 aromatic carbocycles. The quantitative estimate of drug-likeness (QED) is 0.861. The van der Waals surface area contributed by atoms with E-state index in [9.17, 15) is 0 Å². The van der Waals surface area contributed by atoms with Crippen LogP contribution in [0.25, 0.3) is 11.2 Å². The average molecular weight is 319 g/mol. The molecule has 2 unspecified atom stereocenters. The predicted molar refractivity (Wildman–Crippen MR) is 92.3 cm³/mol. The number of fused-ring (bicyclic) bond motifs is 1. The lowest BCUT2D eigenvalue weighted by Gasteiger charge is -2.23. The smallest absolute Gasteiger partial charge is 0.160 e. The van der Waals surface area contributed by atoms with Gasteiger partial charge in [0.2, 0.25) is 0 Å². The van der Waals surface area contributed by atoms with E-state index in [1.807, 2.05) is 12.3 Å². The van der Waals surface area contributed by atoms with Gasteiger partial charge in [0.05, 0.1) is 0 Å². The molecule has 2 fully saturated rings. The molecular weight excluding hydrogens is 298 g/mol. The number of imidazole rings is 1. The molecule has 2 atom stereocenters. The number of hydrogen-bond acceptors (Lipinski definition) is 4. The molecule has 0 radical (unpaired) electrons. The van der Waals surface area contributed by atoms with Gasteiger partial charge in [0.15, 0.2) is 5.65 Å². The van der Waals surface area contributed by atoms with Crippen LogP contribution in [0.2, 0.25) is 0 Å². The van der Waals surface area contributed by atoms with Gasteiger partial charge in [0.25, 0.3) is 0 Å². The van der Waals surface area contributed by atoms with Crippen molar-refractivity contribution in [3.63, 3.8) is 0 Å². The predicted octanol–water partition coefficient (Wildman–Crippen LogP) is 3.80. The second-order valence-corrected chi connectivity index (χ2v) is 8.37. The first-order valence-electron chi connectivity index (χ1n) is 7.88. The van der Waals surface area contributed by atoms with Crippen LogP contribution in [-0.4, -0.2) is 37.5 Å². The highest BCUT2D eigenvalue weighted by atomic mass is 32.2. The van der Waals surface area contributed by atoms with Crippen LogP contribution in [0, 0.1) is 5.92 Å². The molecule has 0 N–H and O–H groups in total. The molecular formula is C16H21N3S2. The molecule has 0 spiro atoms. The third kappa shape index (κ3) is 2.82. The zero-order valence-electron chi connectivity index (χ0n) is 12.2. The number of thioether (sulfide) groups is 2. The molecule has 2 aliphatic rings. The Balaban J connectivity index is 1.70. The molecule has 0 amide bonds. The van der Waals surface area contributed by atoms with Gasteiger partial charge in [-0.25, -0.2) is 9.97 Å². The van der Waals surface area contributed by atoms with Crippen LogP contribution in [0.15, 0.2) is 18.3 Å². The van der Waals surface area contributed by atoms with Crippen molar-refractivity contribution in [3.05, 3.63) is 24.2 Å². The van der Waals surface area contributed by atoms with Crippen molar-refractivity contribution in [3.8, 4) is 0 Å². The maximum Gasteiger partial charge on any atom is 0.160 e. The van der Waals surface area contributed by atoms with E-state index >= 15 is 0 Å². The SMILES string of the molecule is c1cnc2c(c1)nc(C1CCSC1)n2CC1CCCSC1. The molecule has 4 heterocycles. The van der Waals surface area contributed by atoms with Gasteiger partial charge in [0, 0.05) is 24.4 Å². The maximum absolute atomic E-state index is 4.94. The van der Waals surface area contributed by atoms with Crippen LogP contribution in [-0.2, 0) is 6.54 Å². The van der Waals surface area contributed by atoms with E-state index in [0.717, 1.165) is 23.6 Å². The first kappa shape index (κ1) is 13.9. The number of hydrogen-bond donors (Lipinski definition) is 0. The van der Waals surface area contributed by atoms with Gasteiger partial charge < -0.3 is 4.57 Å². The fraction of sp³-hybridized carbons (Fsp3) is 0.625. The van der Waals surface area contributed by atoms with Crippen molar-refractivity contribution in [2.45, 2.75) is 31.7 Å². The summed E-state index contributed by atoms with van der Waals surface area (Å²) in [5, 5.41) is 0. The third-order valence-corrected chi connectivity index (χ3v) is 6.97. The van der Waals surface area contributed by atoms with Crippen LogP contribution < -0.4 is 0 Å². The lowest BCUT2D eigenvalue weighted by Crippen LogP contribution is -2.20. The molecule has 0 aliphatic carbocycles. The third-order valence-electron chi connectivity index (χ3n) is 4.52. The Morgan fingerprint density at radius 3 is 2.95 bits per heavy atom. The number of nitrogens with zero attached hydrogens (tertiary/aromatic N) is 3. The fourth-order valence-corrected chi connectivity index (χ4v) is 5.78. The van der Waals surface area contributed by atoms with E-state index < -0.39 is 0 Å². The zero-order valence-corrected chi connectivity index (χ0v) is 13.8. The van der Waals surface area contributed by atoms with Crippen LogP contribution in [0.5, 0.6) is 0 Å². The fourth-order valence-electron chi connectivity index (χ4n) is 3.42. The van der Waals surface area contributed by atoms with Crippen molar-refractivity contribution in [1.29, 1.82) is 0 Å². The average Bonchev–Trinajstić information content (AvgIpc) is 3.16. The summed E-state index contributed by atoms with van der Waals surface area (Å²) >= 11 is 4.17. The minimum atomic E-state index is 0.625. The first-order valence-corrected chi connectivity index (χ1v) is 10.2. The minimum Gasteiger partial charge on any atom is -0.312 e. The molecule has 3 nitrogen and oxygen atoms in total. The first-order chi connectivity index (χ1) is 10.4. The summed E-state index contributed by atoms with van der Waals surface area (Å²) in [4.78, 5) is 9.57. The topological polar surface area (TPSA) is 30.7 Å². The van der Waals surface area contributed by atoms with E-state index in [1.165, 1.54) is 48.1 Å². The van der Waals surface area contributed by atoms with E-state index in [4.69, 9.17) is 4.98 Å². The molecule has 112 valence electrons. The van der Waals surface area contributed by atoms with E-state index in [1.54, 1.807) is 0 Å². The van der Waals surface area contributed by atoms with Gasteiger partial charge in [-0.1, -0.05) is 0 Å². The van der Waals surface area contributed by atoms with Crippen molar-refractivity contribution in [1.82, 2.24) is 14.5 Å². The van der Waals surface area contributed by atoms with Crippen molar-refractivity contribution in [2.24, 2.45) is 5.92 Å². The molecule has 2 aromatic rings. The highest BCUT2D eigenvalue weighted by molar-refractivity contribution is 7.99. The van der Waals surface area contributed by atoms with Crippen LogP contribution in [0.4, 0.5) is 0 Å². The van der Waals surface area contributed by atoms with Gasteiger partial charge in [0.1, 0.15) is 11.3 Å². The van der Waals surface area contributed by atoms with Crippen LogP contribution >= 0.6 is 23.5 Å². The summed E-state index contributed by atoms with van der Waals surface area (Å²) in [6, 6.07) is 4.11. The molecule has 2 aliphatic heterocycles. The van der Waals surface area contributed by atoms with Gasteiger partial charge in [-0.3, -0.25) is 0 Å². The Morgan fingerprint density at radius 2 is 2.14 bits per heavy atom. The molecule has 0 bridgehead atoms. The number of rotatable bonds is 3. The highest BCUT2D eigenvalue weighted by Crippen LogP contribution is 2.34. The summed E-state index contributed by atoms with van der Waals surface area (Å²) < 4.78 is 2.45. The summed E-state index contributed by atoms with van der Waals surface area (Å²) in [6.07, 6.45) is 5.90. The van der Waals surface area contributed by atoms with Crippen molar-refractivity contribution < 1.29 is 0 Å². The highest BCUT2D eigenvalue weighted by Gasteiger charge is 2.26. The maximum atomic E-state index is 4.94. The van der Waals surface area contributed by atoms with E-state index in [0.29, 0.717) is 5.92 Å². The molecule has 5 heteroatoms. The van der Waals surface area contributed by atoms with Crippen LogP contribution in [0.3, 0.4) is 0 Å². The monoisotopic (exact) mass is 319 g/mol. The van der Waals surface area contributed by atoms with E-state index in [-0.39, 0.29) is 0 Å². The molecule has 4 rings (SSSR count). The summed E-state index contributed by atoms with van der Waals surface area (Å²) in [7, 11) is 0. The zero-order chi connectivity index (χ0) is 14.1. The Kier molecular flexibility index (Phi) is 4.12. The second kappa shape index (κ2) is 6.21. The Hall–Kier alpha value is -0.680.